The van der Waals surface area contributed by atoms with Gasteiger partial charge in [-0.3, -0.25) is 9.69 Å². The highest BCUT2D eigenvalue weighted by Crippen LogP contribution is 2.24. The molecule has 3 aliphatic rings. The highest BCUT2D eigenvalue weighted by atomic mass is 35.5. The number of carbonyl (C=O) groups is 2. The molecule has 0 spiro atoms. The molecule has 0 aromatic heterocycles. The number of nitrogens with zero attached hydrogens (tertiary/aromatic N) is 3. The predicted octanol–water partition coefficient (Wildman–Crippen LogP) is 1.92. The molecule has 0 saturated carbocycles. The first kappa shape index (κ1) is 20.6. The van der Waals surface area contributed by atoms with Crippen molar-refractivity contribution in [1.82, 2.24) is 20.0 Å². The Hall–Kier alpha value is -1.67. The third-order valence-corrected chi connectivity index (χ3v) is 6.44. The molecule has 1 unspecified atom stereocenters. The third-order valence-electron chi connectivity index (χ3n) is 6.19. The van der Waals surface area contributed by atoms with Crippen LogP contribution in [-0.4, -0.2) is 91.7 Å². The highest BCUT2D eigenvalue weighted by molar-refractivity contribution is 6.30. The second-order valence-electron chi connectivity index (χ2n) is 7.97. The predicted molar refractivity (Wildman–Crippen MR) is 111 cm³/mol. The summed E-state index contributed by atoms with van der Waals surface area (Å²) in [5.41, 5.74) is 0.737. The molecular weight excluding hydrogens is 392 g/mol. The zero-order valence-electron chi connectivity index (χ0n) is 16.7. The van der Waals surface area contributed by atoms with Crippen molar-refractivity contribution in [2.45, 2.75) is 19.0 Å². The molecule has 2 atom stereocenters. The fourth-order valence-corrected chi connectivity index (χ4v) is 4.57. The van der Waals surface area contributed by atoms with E-state index in [4.69, 9.17) is 16.3 Å². The maximum atomic E-state index is 12.9. The minimum absolute atomic E-state index is 0.0236. The molecule has 1 aromatic rings. The zero-order valence-corrected chi connectivity index (χ0v) is 17.4. The Morgan fingerprint density at radius 3 is 2.31 bits per heavy atom. The van der Waals surface area contributed by atoms with Crippen LogP contribution < -0.4 is 5.32 Å². The number of halogens is 1. The summed E-state index contributed by atoms with van der Waals surface area (Å²) in [4.78, 5) is 31.8. The van der Waals surface area contributed by atoms with Crippen molar-refractivity contribution in [3.63, 3.8) is 0 Å². The Bertz CT molecular complexity index is 715. The number of carbonyl (C=O) groups excluding carboxylic acids is 2. The second kappa shape index (κ2) is 9.43. The summed E-state index contributed by atoms with van der Waals surface area (Å²) in [5.74, 6) is 0.227. The van der Waals surface area contributed by atoms with Crippen LogP contribution in [0, 0.1) is 5.92 Å². The summed E-state index contributed by atoms with van der Waals surface area (Å²) < 4.78 is 5.34. The molecule has 3 aliphatic heterocycles. The molecule has 0 aliphatic carbocycles. The van der Waals surface area contributed by atoms with Crippen LogP contribution in [0.5, 0.6) is 0 Å². The standard InChI is InChI=1S/C21H29ClN4O3/c22-18-3-1-16(2-4-18)20(27)17-5-6-23-19(15-17)24-7-9-25(10-8-24)21(28)26-11-13-29-14-12-26/h1-4,17,19,23H,5-15H2/t17?,19-/m1/s1. The van der Waals surface area contributed by atoms with Gasteiger partial charge >= 0.3 is 6.03 Å². The summed E-state index contributed by atoms with van der Waals surface area (Å²) in [7, 11) is 0. The van der Waals surface area contributed by atoms with Gasteiger partial charge in [0.15, 0.2) is 5.78 Å². The van der Waals surface area contributed by atoms with E-state index in [-0.39, 0.29) is 23.9 Å². The molecule has 4 rings (SSSR count). The summed E-state index contributed by atoms with van der Waals surface area (Å²) in [6, 6.07) is 7.31. The van der Waals surface area contributed by atoms with Gasteiger partial charge in [0, 0.05) is 55.8 Å². The largest absolute Gasteiger partial charge is 0.378 e. The number of ketones is 1. The Kier molecular flexibility index (Phi) is 6.70. The number of urea groups is 1. The number of ether oxygens (including phenoxy) is 1. The first-order chi connectivity index (χ1) is 14.1. The smallest absolute Gasteiger partial charge is 0.320 e. The topological polar surface area (TPSA) is 65.1 Å². The van der Waals surface area contributed by atoms with Gasteiger partial charge in [0.25, 0.3) is 0 Å². The molecule has 2 amide bonds. The minimum atomic E-state index is 0.0236. The van der Waals surface area contributed by atoms with Crippen LogP contribution in [0.3, 0.4) is 0 Å². The molecule has 158 valence electrons. The molecule has 1 N–H and O–H groups in total. The third kappa shape index (κ3) is 4.91. The van der Waals surface area contributed by atoms with Crippen molar-refractivity contribution >= 4 is 23.4 Å². The number of hydrogen-bond donors (Lipinski definition) is 1. The van der Waals surface area contributed by atoms with E-state index in [1.807, 2.05) is 21.9 Å². The second-order valence-corrected chi connectivity index (χ2v) is 8.40. The van der Waals surface area contributed by atoms with Crippen molar-refractivity contribution in [2.24, 2.45) is 5.92 Å². The SMILES string of the molecule is O=C(c1ccc(Cl)cc1)C1CCN[C@H](N2CCN(C(=O)N3CCOCC3)CC2)C1. The van der Waals surface area contributed by atoms with E-state index in [9.17, 15) is 9.59 Å². The number of nitrogens with one attached hydrogen (secondary N) is 1. The van der Waals surface area contributed by atoms with Crippen molar-refractivity contribution < 1.29 is 14.3 Å². The molecule has 7 nitrogen and oxygen atoms in total. The fraction of sp³-hybridized carbons (Fsp3) is 0.619. The van der Waals surface area contributed by atoms with Gasteiger partial charge in [-0.05, 0) is 43.7 Å². The number of amides is 2. The summed E-state index contributed by atoms with van der Waals surface area (Å²) in [6.07, 6.45) is 1.84. The lowest BCUT2D eigenvalue weighted by Gasteiger charge is -2.43. The fourth-order valence-electron chi connectivity index (χ4n) is 4.44. The Morgan fingerprint density at radius 1 is 0.966 bits per heavy atom. The van der Waals surface area contributed by atoms with E-state index in [2.05, 4.69) is 10.2 Å². The minimum Gasteiger partial charge on any atom is -0.378 e. The maximum absolute atomic E-state index is 12.9. The van der Waals surface area contributed by atoms with E-state index in [1.54, 1.807) is 12.1 Å². The lowest BCUT2D eigenvalue weighted by molar-refractivity contribution is 0.0283. The molecule has 3 saturated heterocycles. The van der Waals surface area contributed by atoms with Gasteiger partial charge in [-0.2, -0.15) is 0 Å². The van der Waals surface area contributed by atoms with Crippen LogP contribution in [0.25, 0.3) is 0 Å². The van der Waals surface area contributed by atoms with Crippen LogP contribution in [0.1, 0.15) is 23.2 Å². The first-order valence-electron chi connectivity index (χ1n) is 10.5. The number of piperidine rings is 1. The molecule has 29 heavy (non-hydrogen) atoms. The van der Waals surface area contributed by atoms with Gasteiger partial charge in [0.1, 0.15) is 0 Å². The quantitative estimate of drug-likeness (QED) is 0.757. The number of piperazine rings is 1. The van der Waals surface area contributed by atoms with Crippen LogP contribution >= 0.6 is 11.6 Å². The summed E-state index contributed by atoms with van der Waals surface area (Å²) in [5, 5.41) is 4.21. The van der Waals surface area contributed by atoms with E-state index < -0.39 is 0 Å². The Labute approximate surface area is 176 Å². The first-order valence-corrected chi connectivity index (χ1v) is 10.9. The van der Waals surface area contributed by atoms with Gasteiger partial charge in [0.2, 0.25) is 0 Å². The van der Waals surface area contributed by atoms with Crippen LogP contribution in [0.15, 0.2) is 24.3 Å². The maximum Gasteiger partial charge on any atom is 0.320 e. The molecule has 0 radical (unpaired) electrons. The number of benzene rings is 1. The van der Waals surface area contributed by atoms with Crippen molar-refractivity contribution in [1.29, 1.82) is 0 Å². The average molecular weight is 421 g/mol. The van der Waals surface area contributed by atoms with Crippen molar-refractivity contribution in [3.8, 4) is 0 Å². The summed E-state index contributed by atoms with van der Waals surface area (Å²) >= 11 is 5.95. The van der Waals surface area contributed by atoms with Gasteiger partial charge in [-0.1, -0.05) is 11.6 Å². The lowest BCUT2D eigenvalue weighted by atomic mass is 9.87. The van der Waals surface area contributed by atoms with Gasteiger partial charge in [0.05, 0.1) is 19.4 Å². The van der Waals surface area contributed by atoms with E-state index >= 15 is 0 Å². The number of Topliss-reactive ketones (excluding diaryl/α,β-unsaturated/α-hetero) is 1. The highest BCUT2D eigenvalue weighted by Gasteiger charge is 2.33. The monoisotopic (exact) mass is 420 g/mol. The van der Waals surface area contributed by atoms with Crippen LogP contribution in [0.4, 0.5) is 4.79 Å². The number of morpholine rings is 1. The summed E-state index contributed by atoms with van der Waals surface area (Å²) in [6.45, 7) is 6.55. The van der Waals surface area contributed by atoms with Crippen LogP contribution in [0.2, 0.25) is 5.02 Å². The van der Waals surface area contributed by atoms with E-state index in [1.165, 1.54) is 0 Å². The molecular formula is C21H29ClN4O3. The Balaban J connectivity index is 1.30. The van der Waals surface area contributed by atoms with Gasteiger partial charge in [-0.15, -0.1) is 0 Å². The van der Waals surface area contributed by atoms with E-state index in [0.29, 0.717) is 31.3 Å². The lowest BCUT2D eigenvalue weighted by Crippen LogP contribution is -2.60. The number of hydrogen-bond acceptors (Lipinski definition) is 5. The van der Waals surface area contributed by atoms with Crippen molar-refractivity contribution in [2.75, 3.05) is 59.0 Å². The molecule has 1 aromatic carbocycles. The normalized spacial score (nSPS) is 26.4. The number of rotatable bonds is 3. The Morgan fingerprint density at radius 2 is 1.62 bits per heavy atom. The molecule has 3 heterocycles. The van der Waals surface area contributed by atoms with Gasteiger partial charge < -0.3 is 19.9 Å². The van der Waals surface area contributed by atoms with E-state index in [0.717, 1.165) is 51.1 Å². The molecule has 0 bridgehead atoms. The zero-order chi connectivity index (χ0) is 20.2. The molecule has 8 heteroatoms. The van der Waals surface area contributed by atoms with Crippen LogP contribution in [-0.2, 0) is 4.74 Å². The molecule has 3 fully saturated rings. The van der Waals surface area contributed by atoms with Crippen molar-refractivity contribution in [3.05, 3.63) is 34.9 Å². The van der Waals surface area contributed by atoms with Gasteiger partial charge in [-0.25, -0.2) is 4.79 Å². The average Bonchev–Trinajstić information content (AvgIpc) is 2.79.